The summed E-state index contributed by atoms with van der Waals surface area (Å²) in [7, 11) is 0. The Morgan fingerprint density at radius 1 is 1.21 bits per heavy atom. The SMILES string of the molecule is CC1CN(C2(c3ccc(F)cc3)CC2)CCN1C(=O)OC(C)(C)C. The summed E-state index contributed by atoms with van der Waals surface area (Å²) in [5, 5.41) is 0. The van der Waals surface area contributed by atoms with Crippen molar-refractivity contribution in [3.05, 3.63) is 35.6 Å². The molecule has 1 amide bonds. The summed E-state index contributed by atoms with van der Waals surface area (Å²) in [5.74, 6) is -0.197. The van der Waals surface area contributed by atoms with Crippen molar-refractivity contribution in [2.45, 2.75) is 57.7 Å². The van der Waals surface area contributed by atoms with Crippen molar-refractivity contribution in [3.8, 4) is 0 Å². The van der Waals surface area contributed by atoms with E-state index in [1.54, 1.807) is 0 Å². The number of amides is 1. The van der Waals surface area contributed by atoms with Crippen LogP contribution in [0.4, 0.5) is 9.18 Å². The second kappa shape index (κ2) is 6.03. The number of ether oxygens (including phenoxy) is 1. The van der Waals surface area contributed by atoms with Crippen molar-refractivity contribution in [1.29, 1.82) is 0 Å². The van der Waals surface area contributed by atoms with E-state index in [1.165, 1.54) is 17.7 Å². The van der Waals surface area contributed by atoms with Gasteiger partial charge in [-0.05, 0) is 58.2 Å². The minimum absolute atomic E-state index is 0.0297. The molecule has 3 rings (SSSR count). The Kier molecular flexibility index (Phi) is 4.32. The van der Waals surface area contributed by atoms with Gasteiger partial charge in [0.2, 0.25) is 0 Å². The fraction of sp³-hybridized carbons (Fsp3) is 0.632. The van der Waals surface area contributed by atoms with E-state index in [2.05, 4.69) is 11.8 Å². The van der Waals surface area contributed by atoms with Crippen molar-refractivity contribution in [3.63, 3.8) is 0 Å². The summed E-state index contributed by atoms with van der Waals surface area (Å²) < 4.78 is 18.7. The maximum absolute atomic E-state index is 13.2. The largest absolute Gasteiger partial charge is 0.444 e. The lowest BCUT2D eigenvalue weighted by atomic mass is 10.0. The van der Waals surface area contributed by atoms with E-state index >= 15 is 0 Å². The van der Waals surface area contributed by atoms with Crippen molar-refractivity contribution < 1.29 is 13.9 Å². The van der Waals surface area contributed by atoms with E-state index < -0.39 is 5.60 Å². The summed E-state index contributed by atoms with van der Waals surface area (Å²) in [6.07, 6.45) is 1.96. The van der Waals surface area contributed by atoms with Gasteiger partial charge >= 0.3 is 6.09 Å². The highest BCUT2D eigenvalue weighted by Gasteiger charge is 2.51. The van der Waals surface area contributed by atoms with E-state index in [0.29, 0.717) is 6.54 Å². The molecule has 1 aliphatic carbocycles. The molecule has 2 fully saturated rings. The lowest BCUT2D eigenvalue weighted by Crippen LogP contribution is -2.57. The number of halogens is 1. The normalized spacial score (nSPS) is 23.9. The van der Waals surface area contributed by atoms with Crippen LogP contribution in [0.3, 0.4) is 0 Å². The molecule has 0 bridgehead atoms. The van der Waals surface area contributed by atoms with E-state index in [0.717, 1.165) is 25.9 Å². The van der Waals surface area contributed by atoms with Crippen LogP contribution in [0.15, 0.2) is 24.3 Å². The number of nitrogens with zero attached hydrogens (tertiary/aromatic N) is 2. The second-order valence-electron chi connectivity index (χ2n) is 8.01. The minimum atomic E-state index is -0.472. The third kappa shape index (κ3) is 3.41. The Labute approximate surface area is 143 Å². The number of benzene rings is 1. The van der Waals surface area contributed by atoms with Gasteiger partial charge in [0.1, 0.15) is 11.4 Å². The average molecular weight is 334 g/mol. The first kappa shape index (κ1) is 17.2. The number of rotatable bonds is 2. The van der Waals surface area contributed by atoms with Gasteiger partial charge in [0.05, 0.1) is 0 Å². The fourth-order valence-electron chi connectivity index (χ4n) is 3.60. The van der Waals surface area contributed by atoms with Crippen LogP contribution in [0, 0.1) is 5.82 Å². The smallest absolute Gasteiger partial charge is 0.410 e. The molecule has 0 N–H and O–H groups in total. The Balaban J connectivity index is 1.67. The van der Waals surface area contributed by atoms with Crippen LogP contribution >= 0.6 is 0 Å². The van der Waals surface area contributed by atoms with Gasteiger partial charge in [0, 0.05) is 31.2 Å². The Hall–Kier alpha value is -1.62. The van der Waals surface area contributed by atoms with Crippen LogP contribution in [0.5, 0.6) is 0 Å². The first-order chi connectivity index (χ1) is 11.2. The third-order valence-electron chi connectivity index (χ3n) is 4.97. The molecule has 1 aromatic rings. The predicted octanol–water partition coefficient (Wildman–Crippen LogP) is 3.76. The first-order valence-electron chi connectivity index (χ1n) is 8.72. The maximum atomic E-state index is 13.2. The molecule has 132 valence electrons. The highest BCUT2D eigenvalue weighted by Crippen LogP contribution is 2.51. The molecular weight excluding hydrogens is 307 g/mol. The number of hydrogen-bond acceptors (Lipinski definition) is 3. The zero-order valence-electron chi connectivity index (χ0n) is 15.0. The van der Waals surface area contributed by atoms with Crippen LogP contribution in [0.2, 0.25) is 0 Å². The zero-order chi connectivity index (χ0) is 17.5. The molecule has 2 aliphatic rings. The van der Waals surface area contributed by atoms with E-state index in [1.807, 2.05) is 37.8 Å². The summed E-state index contributed by atoms with van der Waals surface area (Å²) in [6.45, 7) is 10.0. The molecule has 1 aliphatic heterocycles. The Bertz CT molecular complexity index is 605. The van der Waals surface area contributed by atoms with Crippen molar-refractivity contribution in [2.24, 2.45) is 0 Å². The van der Waals surface area contributed by atoms with Gasteiger partial charge in [-0.15, -0.1) is 0 Å². The molecular formula is C19H27FN2O2. The minimum Gasteiger partial charge on any atom is -0.444 e. The first-order valence-corrected chi connectivity index (χ1v) is 8.72. The van der Waals surface area contributed by atoms with Gasteiger partial charge in [-0.1, -0.05) is 12.1 Å². The molecule has 0 spiro atoms. The Morgan fingerprint density at radius 2 is 1.83 bits per heavy atom. The summed E-state index contributed by atoms with van der Waals surface area (Å²) in [4.78, 5) is 16.6. The number of carbonyl (C=O) groups excluding carboxylic acids is 1. The lowest BCUT2D eigenvalue weighted by Gasteiger charge is -2.44. The molecule has 5 heteroatoms. The van der Waals surface area contributed by atoms with Gasteiger partial charge in [-0.25, -0.2) is 9.18 Å². The maximum Gasteiger partial charge on any atom is 0.410 e. The van der Waals surface area contributed by atoms with Gasteiger partial charge in [0.25, 0.3) is 0 Å². The molecule has 1 heterocycles. The second-order valence-corrected chi connectivity index (χ2v) is 8.01. The van der Waals surface area contributed by atoms with Crippen molar-refractivity contribution >= 4 is 6.09 Å². The zero-order valence-corrected chi connectivity index (χ0v) is 15.0. The summed E-state index contributed by atoms with van der Waals surface area (Å²) in [5.41, 5.74) is 0.740. The van der Waals surface area contributed by atoms with Crippen LogP contribution < -0.4 is 0 Å². The van der Waals surface area contributed by atoms with Crippen molar-refractivity contribution in [2.75, 3.05) is 19.6 Å². The molecule has 1 saturated heterocycles. The number of carbonyl (C=O) groups is 1. The van der Waals surface area contributed by atoms with Gasteiger partial charge < -0.3 is 9.64 Å². The average Bonchev–Trinajstić information content (AvgIpc) is 3.27. The molecule has 4 nitrogen and oxygen atoms in total. The van der Waals surface area contributed by atoms with Gasteiger partial charge in [0.15, 0.2) is 0 Å². The molecule has 1 unspecified atom stereocenters. The molecule has 1 aromatic carbocycles. The molecule has 1 atom stereocenters. The molecule has 1 saturated carbocycles. The van der Waals surface area contributed by atoms with Crippen molar-refractivity contribution in [1.82, 2.24) is 9.80 Å². The number of hydrogen-bond donors (Lipinski definition) is 0. The third-order valence-corrected chi connectivity index (χ3v) is 4.97. The fourth-order valence-corrected chi connectivity index (χ4v) is 3.60. The van der Waals surface area contributed by atoms with Crippen LogP contribution in [0.1, 0.15) is 46.1 Å². The van der Waals surface area contributed by atoms with Gasteiger partial charge in [-0.3, -0.25) is 4.90 Å². The predicted molar refractivity (Wildman–Crippen MR) is 91.3 cm³/mol. The number of piperazine rings is 1. The molecule has 0 aromatic heterocycles. The highest BCUT2D eigenvalue weighted by molar-refractivity contribution is 5.68. The van der Waals surface area contributed by atoms with Crippen LogP contribution in [-0.4, -0.2) is 47.2 Å². The quantitative estimate of drug-likeness (QED) is 0.826. The topological polar surface area (TPSA) is 32.8 Å². The summed E-state index contributed by atoms with van der Waals surface area (Å²) in [6, 6.07) is 6.97. The van der Waals surface area contributed by atoms with E-state index in [4.69, 9.17) is 4.74 Å². The molecule has 0 radical (unpaired) electrons. The summed E-state index contributed by atoms with van der Waals surface area (Å²) >= 11 is 0. The lowest BCUT2D eigenvalue weighted by molar-refractivity contribution is -0.00740. The van der Waals surface area contributed by atoms with E-state index in [9.17, 15) is 9.18 Å². The van der Waals surface area contributed by atoms with Crippen LogP contribution in [0.25, 0.3) is 0 Å². The van der Waals surface area contributed by atoms with Gasteiger partial charge in [-0.2, -0.15) is 0 Å². The van der Waals surface area contributed by atoms with Crippen LogP contribution in [-0.2, 0) is 10.3 Å². The monoisotopic (exact) mass is 334 g/mol. The Morgan fingerprint density at radius 3 is 2.33 bits per heavy atom. The highest BCUT2D eigenvalue weighted by atomic mass is 19.1. The van der Waals surface area contributed by atoms with E-state index in [-0.39, 0.29) is 23.5 Å². The standard InChI is InChI=1S/C19H27FN2O2/c1-14-13-21(11-12-22(14)17(23)24-18(2,3)4)19(9-10-19)15-5-7-16(20)8-6-15/h5-8,14H,9-13H2,1-4H3. The molecule has 24 heavy (non-hydrogen) atoms.